The zero-order chi connectivity index (χ0) is 11.8. The monoisotopic (exact) mass is 219 g/mol. The van der Waals surface area contributed by atoms with Crippen molar-refractivity contribution < 1.29 is 9.90 Å². The van der Waals surface area contributed by atoms with Crippen LogP contribution in [0, 0.1) is 6.92 Å². The van der Waals surface area contributed by atoms with Crippen LogP contribution in [0.25, 0.3) is 0 Å². The molecular weight excluding hydrogens is 200 g/mol. The summed E-state index contributed by atoms with van der Waals surface area (Å²) in [5.74, 6) is -0.703. The maximum absolute atomic E-state index is 10.3. The number of unbranched alkanes of at least 4 members (excludes halogenated alkanes) is 1. The molecule has 0 unspecified atom stereocenters. The van der Waals surface area contributed by atoms with Gasteiger partial charge in [0.25, 0.3) is 0 Å². The van der Waals surface area contributed by atoms with E-state index >= 15 is 0 Å². The molecule has 0 aliphatic carbocycles. The van der Waals surface area contributed by atoms with Gasteiger partial charge in [-0.05, 0) is 43.2 Å². The molecule has 1 rings (SSSR count). The van der Waals surface area contributed by atoms with Crippen LogP contribution in [0.3, 0.4) is 0 Å². The molecule has 2 heteroatoms. The first-order valence-corrected chi connectivity index (χ1v) is 5.81. The SMILES string of the molecule is [CH2]CCc1ccc(CCCCC(=O)O)cc1. The van der Waals surface area contributed by atoms with Crippen molar-refractivity contribution in [3.05, 3.63) is 42.3 Å². The maximum atomic E-state index is 10.3. The van der Waals surface area contributed by atoms with Crippen LogP contribution in [0.4, 0.5) is 0 Å². The Labute approximate surface area is 97.3 Å². The number of benzene rings is 1. The standard InChI is InChI=1S/C14H19O2/c1-2-5-12-8-10-13(11-9-12)6-3-4-7-14(15)16/h8-11H,1-7H2,(H,15,16). The lowest BCUT2D eigenvalue weighted by atomic mass is 10.0. The molecule has 0 saturated carbocycles. The van der Waals surface area contributed by atoms with Gasteiger partial charge in [0.15, 0.2) is 0 Å². The van der Waals surface area contributed by atoms with E-state index in [1.54, 1.807) is 0 Å². The van der Waals surface area contributed by atoms with Gasteiger partial charge in [-0.3, -0.25) is 4.79 Å². The quantitative estimate of drug-likeness (QED) is 0.715. The predicted molar refractivity (Wildman–Crippen MR) is 65.3 cm³/mol. The van der Waals surface area contributed by atoms with Gasteiger partial charge in [-0.1, -0.05) is 31.2 Å². The third kappa shape index (κ3) is 4.96. The summed E-state index contributed by atoms with van der Waals surface area (Å²) in [6.07, 6.45) is 4.91. The molecule has 0 aliphatic heterocycles. The van der Waals surface area contributed by atoms with Crippen LogP contribution in [0.15, 0.2) is 24.3 Å². The Morgan fingerprint density at radius 2 is 1.62 bits per heavy atom. The average molecular weight is 219 g/mol. The molecule has 0 amide bonds. The highest BCUT2D eigenvalue weighted by Crippen LogP contribution is 2.10. The highest BCUT2D eigenvalue weighted by molar-refractivity contribution is 5.66. The fraction of sp³-hybridized carbons (Fsp3) is 0.429. The Hall–Kier alpha value is -1.31. The molecular formula is C14H19O2. The summed E-state index contributed by atoms with van der Waals surface area (Å²) in [7, 11) is 0. The summed E-state index contributed by atoms with van der Waals surface area (Å²) in [5.41, 5.74) is 2.61. The van der Waals surface area contributed by atoms with E-state index < -0.39 is 5.97 Å². The smallest absolute Gasteiger partial charge is 0.303 e. The molecule has 0 saturated heterocycles. The van der Waals surface area contributed by atoms with Gasteiger partial charge in [0.1, 0.15) is 0 Å². The molecule has 0 aromatic heterocycles. The third-order valence-corrected chi connectivity index (χ3v) is 2.59. The van der Waals surface area contributed by atoms with Gasteiger partial charge in [0, 0.05) is 6.42 Å². The molecule has 2 nitrogen and oxygen atoms in total. The largest absolute Gasteiger partial charge is 0.481 e. The number of carboxylic acid groups (broad SMARTS) is 1. The molecule has 0 heterocycles. The van der Waals surface area contributed by atoms with Gasteiger partial charge in [-0.2, -0.15) is 0 Å². The molecule has 1 N–H and O–H groups in total. The molecule has 0 aliphatic rings. The number of carbonyl (C=O) groups is 1. The molecule has 0 atom stereocenters. The highest BCUT2D eigenvalue weighted by Gasteiger charge is 1.98. The Bertz CT molecular complexity index is 314. The molecule has 0 bridgehead atoms. The van der Waals surface area contributed by atoms with E-state index in [1.165, 1.54) is 11.1 Å². The summed E-state index contributed by atoms with van der Waals surface area (Å²) in [6.45, 7) is 3.82. The number of hydrogen-bond donors (Lipinski definition) is 1. The zero-order valence-electron chi connectivity index (χ0n) is 9.61. The summed E-state index contributed by atoms with van der Waals surface area (Å²) in [5, 5.41) is 8.50. The first kappa shape index (κ1) is 12.8. The summed E-state index contributed by atoms with van der Waals surface area (Å²) in [4.78, 5) is 10.3. The van der Waals surface area contributed by atoms with Crippen molar-refractivity contribution in [2.24, 2.45) is 0 Å². The second kappa shape index (κ2) is 7.04. The molecule has 0 spiro atoms. The van der Waals surface area contributed by atoms with Crippen LogP contribution >= 0.6 is 0 Å². The fourth-order valence-corrected chi connectivity index (χ4v) is 1.68. The number of carboxylic acids is 1. The van der Waals surface area contributed by atoms with E-state index in [0.29, 0.717) is 0 Å². The van der Waals surface area contributed by atoms with Crippen molar-refractivity contribution in [1.82, 2.24) is 0 Å². The summed E-state index contributed by atoms with van der Waals surface area (Å²) >= 11 is 0. The van der Waals surface area contributed by atoms with Gasteiger partial charge in [0.2, 0.25) is 0 Å². The minimum absolute atomic E-state index is 0.277. The van der Waals surface area contributed by atoms with Crippen molar-refractivity contribution in [1.29, 1.82) is 0 Å². The molecule has 1 radical (unpaired) electrons. The molecule has 0 fully saturated rings. The molecule has 87 valence electrons. The molecule has 1 aromatic carbocycles. The lowest BCUT2D eigenvalue weighted by Crippen LogP contribution is -1.95. The maximum Gasteiger partial charge on any atom is 0.303 e. The van der Waals surface area contributed by atoms with Gasteiger partial charge in [-0.25, -0.2) is 0 Å². The number of hydrogen-bond acceptors (Lipinski definition) is 1. The van der Waals surface area contributed by atoms with Crippen LogP contribution in [0.5, 0.6) is 0 Å². The lowest BCUT2D eigenvalue weighted by Gasteiger charge is -2.02. The Kier molecular flexibility index (Phi) is 5.62. The molecule has 1 aromatic rings. The minimum Gasteiger partial charge on any atom is -0.481 e. The number of rotatable bonds is 7. The minimum atomic E-state index is -0.703. The van der Waals surface area contributed by atoms with Gasteiger partial charge < -0.3 is 5.11 Å². The number of aliphatic carboxylic acids is 1. The summed E-state index contributed by atoms with van der Waals surface area (Å²) in [6, 6.07) is 8.53. The van der Waals surface area contributed by atoms with Crippen LogP contribution in [0.2, 0.25) is 0 Å². The van der Waals surface area contributed by atoms with E-state index in [4.69, 9.17) is 5.11 Å². The highest BCUT2D eigenvalue weighted by atomic mass is 16.4. The van der Waals surface area contributed by atoms with Crippen LogP contribution in [-0.4, -0.2) is 11.1 Å². The van der Waals surface area contributed by atoms with Gasteiger partial charge in [0.05, 0.1) is 0 Å². The Morgan fingerprint density at radius 3 is 2.12 bits per heavy atom. The second-order valence-electron chi connectivity index (χ2n) is 4.02. The first-order chi connectivity index (χ1) is 7.72. The predicted octanol–water partition coefficient (Wildman–Crippen LogP) is 3.25. The van der Waals surface area contributed by atoms with Crippen molar-refractivity contribution in [3.63, 3.8) is 0 Å². The Morgan fingerprint density at radius 1 is 1.06 bits per heavy atom. The van der Waals surface area contributed by atoms with E-state index in [9.17, 15) is 4.79 Å². The fourth-order valence-electron chi connectivity index (χ4n) is 1.68. The molecule has 16 heavy (non-hydrogen) atoms. The van der Waals surface area contributed by atoms with Crippen molar-refractivity contribution >= 4 is 5.97 Å². The van der Waals surface area contributed by atoms with Crippen LogP contribution in [-0.2, 0) is 17.6 Å². The summed E-state index contributed by atoms with van der Waals surface area (Å²) < 4.78 is 0. The van der Waals surface area contributed by atoms with E-state index in [2.05, 4.69) is 31.2 Å². The third-order valence-electron chi connectivity index (χ3n) is 2.59. The Balaban J connectivity index is 2.29. The van der Waals surface area contributed by atoms with Crippen LogP contribution < -0.4 is 0 Å². The zero-order valence-corrected chi connectivity index (χ0v) is 9.61. The number of aryl methyl sites for hydroxylation is 2. The van der Waals surface area contributed by atoms with E-state index in [0.717, 1.165) is 32.1 Å². The van der Waals surface area contributed by atoms with Crippen molar-refractivity contribution in [3.8, 4) is 0 Å². The van der Waals surface area contributed by atoms with Gasteiger partial charge in [-0.15, -0.1) is 0 Å². The van der Waals surface area contributed by atoms with Crippen molar-refractivity contribution in [2.45, 2.75) is 38.5 Å². The van der Waals surface area contributed by atoms with Gasteiger partial charge >= 0.3 is 5.97 Å². The average Bonchev–Trinajstić information content (AvgIpc) is 2.27. The normalized spacial score (nSPS) is 10.3. The first-order valence-electron chi connectivity index (χ1n) is 5.81. The van der Waals surface area contributed by atoms with E-state index in [-0.39, 0.29) is 6.42 Å². The van der Waals surface area contributed by atoms with Crippen molar-refractivity contribution in [2.75, 3.05) is 0 Å². The lowest BCUT2D eigenvalue weighted by molar-refractivity contribution is -0.137. The van der Waals surface area contributed by atoms with Crippen LogP contribution in [0.1, 0.15) is 36.8 Å². The second-order valence-corrected chi connectivity index (χ2v) is 4.02. The topological polar surface area (TPSA) is 37.3 Å². The van der Waals surface area contributed by atoms with E-state index in [1.807, 2.05) is 0 Å².